The fraction of sp³-hybridized carbons (Fsp3) is 0.240. The Balaban J connectivity index is 1.53. The molecule has 0 radical (unpaired) electrons. The number of amides is 1. The van der Waals surface area contributed by atoms with Gasteiger partial charge in [-0.2, -0.15) is 5.10 Å². The van der Waals surface area contributed by atoms with Gasteiger partial charge >= 0.3 is 0 Å². The molecule has 4 aromatic rings. The molecular weight excluding hydrogens is 386 g/mol. The van der Waals surface area contributed by atoms with Gasteiger partial charge in [-0.05, 0) is 47.4 Å². The first-order valence-electron chi connectivity index (χ1n) is 10.3. The van der Waals surface area contributed by atoms with Gasteiger partial charge in [0.2, 0.25) is 0 Å². The molecule has 0 aliphatic carbocycles. The third kappa shape index (κ3) is 4.43. The van der Waals surface area contributed by atoms with Crippen LogP contribution >= 0.6 is 0 Å². The molecule has 0 aliphatic heterocycles. The van der Waals surface area contributed by atoms with Crippen molar-refractivity contribution in [1.82, 2.24) is 14.6 Å². The van der Waals surface area contributed by atoms with E-state index in [0.29, 0.717) is 17.0 Å². The van der Waals surface area contributed by atoms with Gasteiger partial charge in [-0.25, -0.2) is 9.50 Å². The Hall–Kier alpha value is -3.67. The van der Waals surface area contributed by atoms with E-state index >= 15 is 0 Å². The Morgan fingerprint density at radius 3 is 2.23 bits per heavy atom. The summed E-state index contributed by atoms with van der Waals surface area (Å²) in [7, 11) is 4.03. The van der Waals surface area contributed by atoms with Crippen LogP contribution < -0.4 is 10.2 Å². The van der Waals surface area contributed by atoms with Gasteiger partial charge in [0.15, 0.2) is 11.5 Å². The Labute approximate surface area is 182 Å². The van der Waals surface area contributed by atoms with Crippen molar-refractivity contribution in [1.29, 1.82) is 0 Å². The van der Waals surface area contributed by atoms with Crippen molar-refractivity contribution in [2.24, 2.45) is 0 Å². The van der Waals surface area contributed by atoms with Crippen molar-refractivity contribution in [3.05, 3.63) is 78.0 Å². The molecular formula is C25H27N5O. The maximum atomic E-state index is 12.6. The lowest BCUT2D eigenvalue weighted by atomic mass is 9.87. The van der Waals surface area contributed by atoms with Crippen LogP contribution in [0.1, 0.15) is 36.7 Å². The van der Waals surface area contributed by atoms with Crippen LogP contribution in [0.25, 0.3) is 16.9 Å². The van der Waals surface area contributed by atoms with E-state index in [4.69, 9.17) is 0 Å². The number of nitrogens with one attached hydrogen (secondary N) is 1. The van der Waals surface area contributed by atoms with Crippen molar-refractivity contribution in [3.63, 3.8) is 0 Å². The summed E-state index contributed by atoms with van der Waals surface area (Å²) in [5.41, 5.74) is 5.50. The summed E-state index contributed by atoms with van der Waals surface area (Å²) in [4.78, 5) is 19.2. The summed E-state index contributed by atoms with van der Waals surface area (Å²) < 4.78 is 1.69. The second-order valence-electron chi connectivity index (χ2n) is 8.87. The summed E-state index contributed by atoms with van der Waals surface area (Å²) in [6.45, 7) is 6.45. The highest BCUT2D eigenvalue weighted by Gasteiger charge is 2.15. The molecule has 0 saturated carbocycles. The van der Waals surface area contributed by atoms with Gasteiger partial charge in [-0.15, -0.1) is 0 Å². The zero-order valence-electron chi connectivity index (χ0n) is 18.5. The van der Waals surface area contributed by atoms with Crippen LogP contribution in [0.4, 0.5) is 11.5 Å². The lowest BCUT2D eigenvalue weighted by molar-refractivity contribution is 0.102. The molecule has 4 rings (SSSR count). The summed E-state index contributed by atoms with van der Waals surface area (Å²) >= 11 is 0. The van der Waals surface area contributed by atoms with Gasteiger partial charge in [0, 0.05) is 30.9 Å². The van der Waals surface area contributed by atoms with E-state index in [1.807, 2.05) is 62.6 Å². The zero-order chi connectivity index (χ0) is 22.2. The van der Waals surface area contributed by atoms with Crippen molar-refractivity contribution >= 4 is 23.1 Å². The number of carbonyl (C=O) groups is 1. The van der Waals surface area contributed by atoms with Gasteiger partial charge in [-0.1, -0.05) is 45.0 Å². The second kappa shape index (κ2) is 7.87. The van der Waals surface area contributed by atoms with Crippen LogP contribution in [0.5, 0.6) is 0 Å². The Bertz CT molecular complexity index is 1220. The van der Waals surface area contributed by atoms with Crippen LogP contribution in [-0.2, 0) is 5.41 Å². The summed E-state index contributed by atoms with van der Waals surface area (Å²) in [6, 6.07) is 19.7. The SMILES string of the molecule is CN(C)c1ccc(-c2ccc3nc(NC(=O)c4ccc(C(C)(C)C)cc4)cn3n2)cc1. The summed E-state index contributed by atoms with van der Waals surface area (Å²) in [5.74, 6) is 0.279. The number of rotatable bonds is 4. The number of hydrogen-bond donors (Lipinski definition) is 1. The van der Waals surface area contributed by atoms with Crippen LogP contribution in [0.15, 0.2) is 66.9 Å². The number of imidazole rings is 1. The van der Waals surface area contributed by atoms with Gasteiger partial charge < -0.3 is 10.2 Å². The van der Waals surface area contributed by atoms with Crippen LogP contribution in [0.2, 0.25) is 0 Å². The number of nitrogens with zero attached hydrogens (tertiary/aromatic N) is 4. The molecule has 6 nitrogen and oxygen atoms in total. The highest BCUT2D eigenvalue weighted by molar-refractivity contribution is 6.03. The molecule has 0 aliphatic rings. The lowest BCUT2D eigenvalue weighted by Crippen LogP contribution is -2.14. The molecule has 6 heteroatoms. The quantitative estimate of drug-likeness (QED) is 0.511. The molecule has 2 aromatic carbocycles. The largest absolute Gasteiger partial charge is 0.378 e. The van der Waals surface area contributed by atoms with E-state index < -0.39 is 0 Å². The van der Waals surface area contributed by atoms with Gasteiger partial charge in [0.1, 0.15) is 0 Å². The van der Waals surface area contributed by atoms with Crippen molar-refractivity contribution in [2.75, 3.05) is 24.3 Å². The Kier molecular flexibility index (Phi) is 5.23. The third-order valence-electron chi connectivity index (χ3n) is 5.25. The first-order valence-corrected chi connectivity index (χ1v) is 10.3. The molecule has 2 heterocycles. The fourth-order valence-electron chi connectivity index (χ4n) is 3.34. The maximum Gasteiger partial charge on any atom is 0.256 e. The predicted molar refractivity (Wildman–Crippen MR) is 126 cm³/mol. The average Bonchev–Trinajstić information content (AvgIpc) is 3.14. The second-order valence-corrected chi connectivity index (χ2v) is 8.87. The van der Waals surface area contributed by atoms with E-state index in [1.165, 1.54) is 5.56 Å². The average molecular weight is 414 g/mol. The van der Waals surface area contributed by atoms with E-state index in [9.17, 15) is 4.79 Å². The zero-order valence-corrected chi connectivity index (χ0v) is 18.5. The first kappa shape index (κ1) is 20.6. The third-order valence-corrected chi connectivity index (χ3v) is 5.25. The van der Waals surface area contributed by atoms with Crippen molar-refractivity contribution < 1.29 is 4.79 Å². The lowest BCUT2D eigenvalue weighted by Gasteiger charge is -2.18. The molecule has 0 atom stereocenters. The maximum absolute atomic E-state index is 12.6. The first-order chi connectivity index (χ1) is 14.7. The van der Waals surface area contributed by atoms with Gasteiger partial charge in [0.05, 0.1) is 11.9 Å². The fourth-order valence-corrected chi connectivity index (χ4v) is 3.34. The Morgan fingerprint density at radius 2 is 1.61 bits per heavy atom. The number of benzene rings is 2. The van der Waals surface area contributed by atoms with Gasteiger partial charge in [-0.3, -0.25) is 4.79 Å². The van der Waals surface area contributed by atoms with Crippen LogP contribution in [-0.4, -0.2) is 34.6 Å². The standard InChI is InChI=1S/C25H27N5O/c1-25(2,3)19-10-6-18(7-11-19)24(31)27-22-16-30-23(26-22)15-14-21(28-30)17-8-12-20(13-9-17)29(4)5/h6-16H,1-5H3,(H,27,31). The molecule has 0 saturated heterocycles. The molecule has 0 spiro atoms. The highest BCUT2D eigenvalue weighted by atomic mass is 16.1. The van der Waals surface area contributed by atoms with E-state index in [-0.39, 0.29) is 11.3 Å². The minimum Gasteiger partial charge on any atom is -0.378 e. The number of hydrogen-bond acceptors (Lipinski definition) is 4. The molecule has 31 heavy (non-hydrogen) atoms. The van der Waals surface area contributed by atoms with Crippen molar-refractivity contribution in [2.45, 2.75) is 26.2 Å². The molecule has 1 N–H and O–H groups in total. The molecule has 0 fully saturated rings. The van der Waals surface area contributed by atoms with Crippen LogP contribution in [0.3, 0.4) is 0 Å². The molecule has 0 bridgehead atoms. The number of anilines is 2. The number of aromatic nitrogens is 3. The summed E-state index contributed by atoms with van der Waals surface area (Å²) in [6.07, 6.45) is 1.73. The predicted octanol–water partition coefficient (Wildman–Crippen LogP) is 5.01. The monoisotopic (exact) mass is 413 g/mol. The van der Waals surface area contributed by atoms with Gasteiger partial charge in [0.25, 0.3) is 5.91 Å². The highest BCUT2D eigenvalue weighted by Crippen LogP contribution is 2.23. The normalized spacial score (nSPS) is 11.5. The topological polar surface area (TPSA) is 62.5 Å². The minimum absolute atomic E-state index is 0.0484. The smallest absolute Gasteiger partial charge is 0.256 e. The van der Waals surface area contributed by atoms with E-state index in [0.717, 1.165) is 16.9 Å². The molecule has 1 amide bonds. The molecule has 158 valence electrons. The van der Waals surface area contributed by atoms with Crippen LogP contribution in [0, 0.1) is 0 Å². The minimum atomic E-state index is -0.191. The van der Waals surface area contributed by atoms with Crippen molar-refractivity contribution in [3.8, 4) is 11.3 Å². The molecule has 0 unspecified atom stereocenters. The Morgan fingerprint density at radius 1 is 0.935 bits per heavy atom. The van der Waals surface area contributed by atoms with E-state index in [1.54, 1.807) is 10.7 Å². The molecule has 2 aromatic heterocycles. The summed E-state index contributed by atoms with van der Waals surface area (Å²) in [5, 5.41) is 7.52. The van der Waals surface area contributed by atoms with E-state index in [2.05, 4.69) is 53.2 Å². The number of fused-ring (bicyclic) bond motifs is 1. The number of carbonyl (C=O) groups excluding carboxylic acids is 1.